The first-order chi connectivity index (χ1) is 13.4. The highest BCUT2D eigenvalue weighted by atomic mass is 79.9. The summed E-state index contributed by atoms with van der Waals surface area (Å²) in [5.74, 6) is 0.714. The molecule has 0 aliphatic carbocycles. The van der Waals surface area contributed by atoms with E-state index in [9.17, 15) is 10.1 Å². The van der Waals surface area contributed by atoms with Gasteiger partial charge in [-0.2, -0.15) is 5.26 Å². The molecule has 0 unspecified atom stereocenters. The van der Waals surface area contributed by atoms with Crippen LogP contribution in [0.1, 0.15) is 30.3 Å². The highest BCUT2D eigenvalue weighted by Crippen LogP contribution is 2.38. The number of nitrogens with one attached hydrogen (secondary N) is 1. The van der Waals surface area contributed by atoms with Crippen molar-refractivity contribution in [3.05, 3.63) is 45.2 Å². The number of carbonyl (C=O) groups excluding carboxylic acids is 1. The van der Waals surface area contributed by atoms with Crippen molar-refractivity contribution in [2.75, 3.05) is 18.5 Å². The fraction of sp³-hybridized carbons (Fsp3) is 0.333. The molecule has 3 rings (SSSR count). The number of carbonyl (C=O) groups is 1. The van der Waals surface area contributed by atoms with Gasteiger partial charge in [0, 0.05) is 34.5 Å². The molecule has 1 amide bonds. The molecule has 2 aromatic rings. The monoisotopic (exact) mass is 443 g/mol. The van der Waals surface area contributed by atoms with E-state index < -0.39 is 5.91 Å². The van der Waals surface area contributed by atoms with E-state index in [0.29, 0.717) is 34.9 Å². The molecule has 1 aliphatic rings. The van der Waals surface area contributed by atoms with Gasteiger partial charge < -0.3 is 19.4 Å². The van der Waals surface area contributed by atoms with Gasteiger partial charge in [-0.05, 0) is 53.9 Å². The van der Waals surface area contributed by atoms with Gasteiger partial charge in [0.2, 0.25) is 0 Å². The largest absolute Gasteiger partial charge is 0.486 e. The van der Waals surface area contributed by atoms with Crippen LogP contribution in [0.3, 0.4) is 0 Å². The minimum Gasteiger partial charge on any atom is -0.486 e. The van der Waals surface area contributed by atoms with Gasteiger partial charge in [-0.3, -0.25) is 4.79 Å². The molecule has 28 heavy (non-hydrogen) atoms. The maximum atomic E-state index is 12.7. The Hall–Kier alpha value is -2.72. The smallest absolute Gasteiger partial charge is 0.266 e. The van der Waals surface area contributed by atoms with Crippen molar-refractivity contribution in [2.45, 2.75) is 33.7 Å². The second kappa shape index (κ2) is 8.53. The SMILES string of the molecule is CCCn1c(C)cc(/C=C(\C#N)C(=O)Nc2cc3c(cc2Br)OCCO3)c1C. The molecule has 7 heteroatoms. The first-order valence-corrected chi connectivity index (χ1v) is 9.93. The summed E-state index contributed by atoms with van der Waals surface area (Å²) in [7, 11) is 0. The molecule has 0 spiro atoms. The van der Waals surface area contributed by atoms with Crippen molar-refractivity contribution in [3.8, 4) is 17.6 Å². The quantitative estimate of drug-likeness (QED) is 0.541. The van der Waals surface area contributed by atoms with E-state index in [4.69, 9.17) is 9.47 Å². The predicted octanol–water partition coefficient (Wildman–Crippen LogP) is 4.59. The topological polar surface area (TPSA) is 76.3 Å². The van der Waals surface area contributed by atoms with Crippen LogP contribution in [-0.2, 0) is 11.3 Å². The molecule has 0 saturated carbocycles. The Kier molecular flexibility index (Phi) is 6.10. The molecule has 0 bridgehead atoms. The lowest BCUT2D eigenvalue weighted by atomic mass is 10.1. The van der Waals surface area contributed by atoms with Gasteiger partial charge in [-0.25, -0.2) is 0 Å². The number of amides is 1. The summed E-state index contributed by atoms with van der Waals surface area (Å²) < 4.78 is 13.9. The Morgan fingerprint density at radius 2 is 1.96 bits per heavy atom. The lowest BCUT2D eigenvalue weighted by Crippen LogP contribution is -2.17. The Morgan fingerprint density at radius 1 is 1.29 bits per heavy atom. The molecule has 1 N–H and O–H groups in total. The normalized spacial score (nSPS) is 13.2. The van der Waals surface area contributed by atoms with Crippen LogP contribution in [0.2, 0.25) is 0 Å². The van der Waals surface area contributed by atoms with E-state index in [1.165, 1.54) is 0 Å². The Labute approximate surface area is 172 Å². The number of hydrogen-bond donors (Lipinski definition) is 1. The zero-order valence-corrected chi connectivity index (χ0v) is 17.7. The molecular weight excluding hydrogens is 422 g/mol. The molecule has 1 aromatic heterocycles. The predicted molar refractivity (Wildman–Crippen MR) is 112 cm³/mol. The molecular formula is C21H22BrN3O3. The number of aromatic nitrogens is 1. The third kappa shape index (κ3) is 4.07. The van der Waals surface area contributed by atoms with Crippen LogP contribution < -0.4 is 14.8 Å². The average Bonchev–Trinajstić information content (AvgIpc) is 2.94. The van der Waals surface area contributed by atoms with E-state index in [2.05, 4.69) is 32.7 Å². The number of nitriles is 1. The number of benzene rings is 1. The maximum Gasteiger partial charge on any atom is 0.266 e. The lowest BCUT2D eigenvalue weighted by molar-refractivity contribution is -0.112. The zero-order chi connectivity index (χ0) is 20.3. The number of anilines is 1. The second-order valence-corrected chi connectivity index (χ2v) is 7.43. The van der Waals surface area contributed by atoms with E-state index in [1.54, 1.807) is 18.2 Å². The number of hydrogen-bond acceptors (Lipinski definition) is 4. The van der Waals surface area contributed by atoms with Crippen LogP contribution in [0, 0.1) is 25.2 Å². The van der Waals surface area contributed by atoms with Crippen molar-refractivity contribution in [1.29, 1.82) is 5.26 Å². The van der Waals surface area contributed by atoms with Crippen LogP contribution in [0.4, 0.5) is 5.69 Å². The number of nitrogens with zero attached hydrogens (tertiary/aromatic N) is 2. The maximum absolute atomic E-state index is 12.7. The van der Waals surface area contributed by atoms with Crippen LogP contribution in [-0.4, -0.2) is 23.7 Å². The summed E-state index contributed by atoms with van der Waals surface area (Å²) >= 11 is 3.43. The van der Waals surface area contributed by atoms with Crippen LogP contribution in [0.15, 0.2) is 28.2 Å². The average molecular weight is 444 g/mol. The van der Waals surface area contributed by atoms with Crippen molar-refractivity contribution < 1.29 is 14.3 Å². The Morgan fingerprint density at radius 3 is 2.61 bits per heavy atom. The molecule has 6 nitrogen and oxygen atoms in total. The van der Waals surface area contributed by atoms with Gasteiger partial charge in [0.05, 0.1) is 5.69 Å². The van der Waals surface area contributed by atoms with Crippen LogP contribution in [0.25, 0.3) is 6.08 Å². The Bertz CT molecular complexity index is 986. The number of ether oxygens (including phenoxy) is 2. The van der Waals surface area contributed by atoms with Crippen molar-refractivity contribution in [2.24, 2.45) is 0 Å². The summed E-state index contributed by atoms with van der Waals surface area (Å²) in [5, 5.41) is 12.3. The second-order valence-electron chi connectivity index (χ2n) is 6.58. The molecule has 0 atom stereocenters. The summed E-state index contributed by atoms with van der Waals surface area (Å²) in [5.41, 5.74) is 3.59. The van der Waals surface area contributed by atoms with Gasteiger partial charge in [0.1, 0.15) is 24.9 Å². The van der Waals surface area contributed by atoms with Crippen LogP contribution in [0.5, 0.6) is 11.5 Å². The van der Waals surface area contributed by atoms with Crippen molar-refractivity contribution >= 4 is 33.6 Å². The molecule has 1 aromatic carbocycles. The summed E-state index contributed by atoms with van der Waals surface area (Å²) in [6.45, 7) is 8.00. The highest BCUT2D eigenvalue weighted by molar-refractivity contribution is 9.10. The number of halogens is 1. The summed E-state index contributed by atoms with van der Waals surface area (Å²) in [6, 6.07) is 7.45. The third-order valence-corrected chi connectivity index (χ3v) is 5.26. The standard InChI is InChI=1S/C21H22BrN3O3/c1-4-5-25-13(2)8-15(14(25)3)9-16(12-23)21(26)24-18-11-20-19(10-17(18)22)27-6-7-28-20/h8-11H,4-7H2,1-3H3,(H,24,26)/b16-9+. The highest BCUT2D eigenvalue weighted by Gasteiger charge is 2.18. The third-order valence-electron chi connectivity index (χ3n) is 4.60. The Balaban J connectivity index is 1.86. The first kappa shape index (κ1) is 20.0. The molecule has 0 radical (unpaired) electrons. The van der Waals surface area contributed by atoms with Crippen molar-refractivity contribution in [3.63, 3.8) is 0 Å². The minimum absolute atomic E-state index is 0.0403. The molecule has 0 fully saturated rings. The number of fused-ring (bicyclic) bond motifs is 1. The van der Waals surface area contributed by atoms with Gasteiger partial charge >= 0.3 is 0 Å². The number of rotatable bonds is 5. The lowest BCUT2D eigenvalue weighted by Gasteiger charge is -2.20. The molecule has 1 aliphatic heterocycles. The van der Waals surface area contributed by atoms with Crippen molar-refractivity contribution in [1.82, 2.24) is 4.57 Å². The van der Waals surface area contributed by atoms with E-state index in [0.717, 1.165) is 29.9 Å². The summed E-state index contributed by atoms with van der Waals surface area (Å²) in [6.07, 6.45) is 2.65. The molecule has 2 heterocycles. The molecule has 0 saturated heterocycles. The first-order valence-electron chi connectivity index (χ1n) is 9.13. The van der Waals surface area contributed by atoms with Gasteiger partial charge in [0.15, 0.2) is 11.5 Å². The molecule has 146 valence electrons. The van der Waals surface area contributed by atoms with E-state index in [-0.39, 0.29) is 5.57 Å². The van der Waals surface area contributed by atoms with Crippen LogP contribution >= 0.6 is 15.9 Å². The van der Waals surface area contributed by atoms with Gasteiger partial charge in [-0.1, -0.05) is 6.92 Å². The van der Waals surface area contributed by atoms with E-state index >= 15 is 0 Å². The summed E-state index contributed by atoms with van der Waals surface area (Å²) in [4.78, 5) is 12.7. The minimum atomic E-state index is -0.472. The fourth-order valence-corrected chi connectivity index (χ4v) is 3.62. The number of aryl methyl sites for hydroxylation is 1. The van der Waals surface area contributed by atoms with E-state index in [1.807, 2.05) is 26.0 Å². The van der Waals surface area contributed by atoms with Gasteiger partial charge in [-0.15, -0.1) is 0 Å². The van der Waals surface area contributed by atoms with Gasteiger partial charge in [0.25, 0.3) is 5.91 Å². The zero-order valence-electron chi connectivity index (χ0n) is 16.1. The fourth-order valence-electron chi connectivity index (χ4n) is 3.20.